The molecule has 1 rings (SSSR count). The van der Waals surface area contributed by atoms with Crippen molar-refractivity contribution in [2.24, 2.45) is 0 Å². The molecule has 0 saturated heterocycles. The Balaban J connectivity index is 0.000000810. The molecule has 1 N–H and O–H groups in total. The van der Waals surface area contributed by atoms with Crippen LogP contribution in [0.2, 0.25) is 0 Å². The summed E-state index contributed by atoms with van der Waals surface area (Å²) in [4.78, 5) is 0. The average molecular weight is 162 g/mol. The molecule has 0 atom stereocenters. The molecular weight excluding hydrogens is 151 g/mol. The van der Waals surface area contributed by atoms with Gasteiger partial charge in [0.25, 0.3) is 0 Å². The van der Waals surface area contributed by atoms with Gasteiger partial charge < -0.3 is 5.11 Å². The predicted molar refractivity (Wildman–Crippen MR) is 44.7 cm³/mol. The van der Waals surface area contributed by atoms with E-state index in [0.29, 0.717) is 5.75 Å². The van der Waals surface area contributed by atoms with Crippen LogP contribution in [0.25, 0.3) is 0 Å². The van der Waals surface area contributed by atoms with Gasteiger partial charge in [0, 0.05) is 0 Å². The molecule has 0 aliphatic heterocycles. The molecule has 10 heavy (non-hydrogen) atoms. The monoisotopic (exact) mass is 162 g/mol. The molecule has 1 aromatic rings. The molecule has 0 amide bonds. The Hall–Kier alpha value is 0.656. The molecule has 1 nitrogen and oxygen atoms in total. The Kier molecular flexibility index (Phi) is 4.81. The van der Waals surface area contributed by atoms with Gasteiger partial charge in [0.05, 0.1) is 0 Å². The molecule has 1 aromatic carbocycles. The van der Waals surface area contributed by atoms with Crippen molar-refractivity contribution in [1.82, 2.24) is 0 Å². The number of benzene rings is 1. The molecular formula is C8H11KO. The van der Waals surface area contributed by atoms with Gasteiger partial charge in [-0.15, -0.1) is 0 Å². The number of para-hydroxylation sites is 1. The van der Waals surface area contributed by atoms with E-state index in [1.165, 1.54) is 0 Å². The molecule has 2 heteroatoms. The Bertz CT molecular complexity index is 200. The van der Waals surface area contributed by atoms with Crippen molar-refractivity contribution in [3.8, 4) is 5.75 Å². The summed E-state index contributed by atoms with van der Waals surface area (Å²) >= 11 is 0. The van der Waals surface area contributed by atoms with Crippen LogP contribution in [0.1, 0.15) is 11.1 Å². The van der Waals surface area contributed by atoms with E-state index in [-0.39, 0.29) is 51.4 Å². The number of aromatic hydroxyl groups is 1. The zero-order valence-corrected chi connectivity index (χ0v) is 5.68. The topological polar surface area (TPSA) is 20.2 Å². The summed E-state index contributed by atoms with van der Waals surface area (Å²) in [6, 6.07) is 5.72. The first kappa shape index (κ1) is 10.7. The van der Waals surface area contributed by atoms with Gasteiger partial charge in [-0.25, -0.2) is 0 Å². The van der Waals surface area contributed by atoms with Gasteiger partial charge in [0.1, 0.15) is 5.75 Å². The standard InChI is InChI=1S/C8H10O.K.H/c1-6-4-3-5-7(2)8(6)9;;/h3-5,9H,1-2H3;;. The molecule has 0 spiro atoms. The third-order valence-electron chi connectivity index (χ3n) is 1.44. The SMILES string of the molecule is Cc1cccc(C)c1O.[KH]. The second-order valence-corrected chi connectivity index (χ2v) is 2.24. The Morgan fingerprint density at radius 2 is 1.50 bits per heavy atom. The Morgan fingerprint density at radius 3 is 1.80 bits per heavy atom. The molecule has 0 bridgehead atoms. The average Bonchev–Trinajstić information content (AvgIpc) is 1.83. The van der Waals surface area contributed by atoms with Gasteiger partial charge in [0.15, 0.2) is 0 Å². The van der Waals surface area contributed by atoms with E-state index in [2.05, 4.69) is 0 Å². The van der Waals surface area contributed by atoms with E-state index in [9.17, 15) is 5.11 Å². The Morgan fingerprint density at radius 1 is 1.10 bits per heavy atom. The minimum atomic E-state index is 0. The molecule has 0 saturated carbocycles. The molecule has 0 aromatic heterocycles. The van der Waals surface area contributed by atoms with Crippen LogP contribution >= 0.6 is 0 Å². The summed E-state index contributed by atoms with van der Waals surface area (Å²) < 4.78 is 0. The van der Waals surface area contributed by atoms with Crippen LogP contribution < -0.4 is 0 Å². The first-order valence-corrected chi connectivity index (χ1v) is 2.97. The molecule has 0 unspecified atom stereocenters. The number of hydrogen-bond acceptors (Lipinski definition) is 1. The van der Waals surface area contributed by atoms with E-state index < -0.39 is 0 Å². The van der Waals surface area contributed by atoms with Crippen molar-refractivity contribution in [2.75, 3.05) is 0 Å². The van der Waals surface area contributed by atoms with Crippen molar-refractivity contribution >= 4 is 51.4 Å². The fraction of sp³-hybridized carbons (Fsp3) is 0.250. The summed E-state index contributed by atoms with van der Waals surface area (Å²) in [7, 11) is 0. The van der Waals surface area contributed by atoms with E-state index in [0.717, 1.165) is 11.1 Å². The second kappa shape index (κ2) is 4.52. The van der Waals surface area contributed by atoms with Crippen LogP contribution in [0.3, 0.4) is 0 Å². The molecule has 50 valence electrons. The van der Waals surface area contributed by atoms with Crippen LogP contribution in [0.15, 0.2) is 18.2 Å². The summed E-state index contributed by atoms with van der Waals surface area (Å²) in [5, 5.41) is 9.21. The summed E-state index contributed by atoms with van der Waals surface area (Å²) in [6.45, 7) is 3.78. The number of phenolic OH excluding ortho intramolecular Hbond substituents is 1. The van der Waals surface area contributed by atoms with Crippen molar-refractivity contribution in [1.29, 1.82) is 0 Å². The molecule has 0 heterocycles. The molecule has 0 radical (unpaired) electrons. The van der Waals surface area contributed by atoms with Crippen molar-refractivity contribution < 1.29 is 5.11 Å². The predicted octanol–water partition coefficient (Wildman–Crippen LogP) is 1.36. The number of phenols is 1. The first-order valence-electron chi connectivity index (χ1n) is 2.97. The van der Waals surface area contributed by atoms with Gasteiger partial charge in [-0.1, -0.05) is 18.2 Å². The van der Waals surface area contributed by atoms with Crippen LogP contribution in [-0.4, -0.2) is 56.5 Å². The molecule has 0 aliphatic rings. The van der Waals surface area contributed by atoms with Crippen molar-refractivity contribution in [3.05, 3.63) is 29.3 Å². The molecule has 0 aliphatic carbocycles. The first-order chi connectivity index (χ1) is 4.22. The van der Waals surface area contributed by atoms with E-state index in [4.69, 9.17) is 0 Å². The van der Waals surface area contributed by atoms with Crippen LogP contribution in [-0.2, 0) is 0 Å². The van der Waals surface area contributed by atoms with E-state index in [1.54, 1.807) is 0 Å². The zero-order valence-electron chi connectivity index (χ0n) is 5.68. The normalized spacial score (nSPS) is 8.60. The van der Waals surface area contributed by atoms with Gasteiger partial charge in [0.2, 0.25) is 0 Å². The second-order valence-electron chi connectivity index (χ2n) is 2.24. The third-order valence-corrected chi connectivity index (χ3v) is 1.44. The summed E-state index contributed by atoms with van der Waals surface area (Å²) in [5.74, 6) is 0.414. The van der Waals surface area contributed by atoms with E-state index >= 15 is 0 Å². The van der Waals surface area contributed by atoms with Gasteiger partial charge in [-0.05, 0) is 25.0 Å². The van der Waals surface area contributed by atoms with Crippen LogP contribution in [0.4, 0.5) is 0 Å². The maximum absolute atomic E-state index is 9.21. The quantitative estimate of drug-likeness (QED) is 0.571. The van der Waals surface area contributed by atoms with Crippen LogP contribution in [0, 0.1) is 13.8 Å². The molecule has 0 fully saturated rings. The third kappa shape index (κ3) is 2.36. The van der Waals surface area contributed by atoms with Gasteiger partial charge in [-0.3, -0.25) is 0 Å². The zero-order chi connectivity index (χ0) is 6.85. The van der Waals surface area contributed by atoms with Crippen LogP contribution in [0.5, 0.6) is 5.75 Å². The summed E-state index contributed by atoms with van der Waals surface area (Å²) in [6.07, 6.45) is 0. The minimum absolute atomic E-state index is 0. The van der Waals surface area contributed by atoms with Gasteiger partial charge >= 0.3 is 51.4 Å². The Labute approximate surface area is 104 Å². The fourth-order valence-corrected chi connectivity index (χ4v) is 0.806. The van der Waals surface area contributed by atoms with E-state index in [1.807, 2.05) is 32.0 Å². The summed E-state index contributed by atoms with van der Waals surface area (Å²) in [5.41, 5.74) is 1.88. The van der Waals surface area contributed by atoms with Crippen molar-refractivity contribution in [2.45, 2.75) is 13.8 Å². The van der Waals surface area contributed by atoms with Gasteiger partial charge in [-0.2, -0.15) is 0 Å². The number of rotatable bonds is 0. The number of hydrogen-bond donors (Lipinski definition) is 1. The fourth-order valence-electron chi connectivity index (χ4n) is 0.806. The number of aryl methyl sites for hydroxylation is 2. The van der Waals surface area contributed by atoms with Crippen molar-refractivity contribution in [3.63, 3.8) is 0 Å². The maximum atomic E-state index is 9.21.